The second-order valence-corrected chi connectivity index (χ2v) is 7.11. The van der Waals surface area contributed by atoms with E-state index in [1.54, 1.807) is 39.0 Å². The number of carbonyl (C=O) groups excluding carboxylic acids is 2. The van der Waals surface area contributed by atoms with Crippen molar-refractivity contribution in [3.8, 4) is 0 Å². The summed E-state index contributed by atoms with van der Waals surface area (Å²) in [6, 6.07) is 4.85. The minimum absolute atomic E-state index is 0.0690. The van der Waals surface area contributed by atoms with Crippen LogP contribution in [0.1, 0.15) is 32.3 Å². The van der Waals surface area contributed by atoms with Crippen LogP contribution in [-0.2, 0) is 19.1 Å². The molecule has 0 aromatic heterocycles. The number of benzene rings is 1. The molecule has 0 saturated carbocycles. The zero-order chi connectivity index (χ0) is 20.3. The van der Waals surface area contributed by atoms with Crippen molar-refractivity contribution in [3.05, 3.63) is 45.1 Å². The van der Waals surface area contributed by atoms with Gasteiger partial charge in [0.15, 0.2) is 0 Å². The first kappa shape index (κ1) is 21.4. The van der Waals surface area contributed by atoms with Gasteiger partial charge in [-0.15, -0.1) is 0 Å². The number of carbonyl (C=O) groups is 2. The highest BCUT2D eigenvalue weighted by Gasteiger charge is 2.44. The zero-order valence-corrected chi connectivity index (χ0v) is 16.9. The topological polar surface area (TPSA) is 65.0 Å². The third-order valence-corrected chi connectivity index (χ3v) is 5.00. The Morgan fingerprint density at radius 3 is 2.52 bits per heavy atom. The Kier molecular flexibility index (Phi) is 7.00. The number of aliphatic imine (C=N–C) groups is 1. The van der Waals surface area contributed by atoms with Gasteiger partial charge in [-0.25, -0.2) is 9.18 Å². The molecule has 1 aromatic carbocycles. The van der Waals surface area contributed by atoms with Crippen LogP contribution in [0.2, 0.25) is 10.0 Å². The van der Waals surface area contributed by atoms with E-state index in [0.29, 0.717) is 11.3 Å². The maximum Gasteiger partial charge on any atom is 0.336 e. The first-order valence-electron chi connectivity index (χ1n) is 8.29. The summed E-state index contributed by atoms with van der Waals surface area (Å²) in [6.07, 6.45) is -0.381. The van der Waals surface area contributed by atoms with Crippen LogP contribution < -0.4 is 0 Å². The second kappa shape index (κ2) is 8.85. The number of alkyl halides is 1. The number of halogens is 3. The molecule has 0 aliphatic carbocycles. The number of methoxy groups -OCH3 is 1. The number of ether oxygens (including phenoxy) is 2. The Hall–Kier alpha value is -1.92. The number of allylic oxidation sites excluding steroid dienone is 1. The average molecular weight is 416 g/mol. The first-order chi connectivity index (χ1) is 12.7. The summed E-state index contributed by atoms with van der Waals surface area (Å²) in [6.45, 7) is 4.00. The van der Waals surface area contributed by atoms with Crippen LogP contribution in [0.15, 0.2) is 34.5 Å². The van der Waals surface area contributed by atoms with Crippen LogP contribution in [0.5, 0.6) is 0 Å². The maximum absolute atomic E-state index is 13.7. The SMILES string of the molecule is COC(=O)C1=C(CF)N=C(C)C(C(=O)OC(C)C)C1c1cccc(Cl)c1Cl. The van der Waals surface area contributed by atoms with Gasteiger partial charge < -0.3 is 9.47 Å². The van der Waals surface area contributed by atoms with E-state index in [9.17, 15) is 14.0 Å². The average Bonchev–Trinajstić information content (AvgIpc) is 2.61. The number of hydrogen-bond acceptors (Lipinski definition) is 5. The minimum Gasteiger partial charge on any atom is -0.466 e. The molecule has 2 atom stereocenters. The van der Waals surface area contributed by atoms with E-state index in [-0.39, 0.29) is 27.4 Å². The van der Waals surface area contributed by atoms with Crippen molar-refractivity contribution in [2.24, 2.45) is 10.9 Å². The minimum atomic E-state index is -0.998. The molecule has 146 valence electrons. The summed E-state index contributed by atoms with van der Waals surface area (Å²) >= 11 is 12.5. The molecule has 2 rings (SSSR count). The Labute approximate surface area is 167 Å². The Morgan fingerprint density at radius 1 is 1.30 bits per heavy atom. The molecule has 0 saturated heterocycles. The Balaban J connectivity index is 2.75. The Morgan fingerprint density at radius 2 is 1.96 bits per heavy atom. The normalized spacial score (nSPS) is 19.8. The summed E-state index contributed by atoms with van der Waals surface area (Å²) in [7, 11) is 1.18. The highest BCUT2D eigenvalue weighted by Crippen LogP contribution is 2.44. The van der Waals surface area contributed by atoms with Gasteiger partial charge in [0.2, 0.25) is 0 Å². The molecule has 1 aliphatic rings. The fraction of sp³-hybridized carbons (Fsp3) is 0.421. The summed E-state index contributed by atoms with van der Waals surface area (Å²) in [5.41, 5.74) is 0.548. The molecule has 1 heterocycles. The van der Waals surface area contributed by atoms with E-state index in [1.165, 1.54) is 7.11 Å². The molecule has 27 heavy (non-hydrogen) atoms. The number of hydrogen-bond donors (Lipinski definition) is 0. The summed E-state index contributed by atoms with van der Waals surface area (Å²) in [5, 5.41) is 0.414. The standard InChI is InChI=1S/C19H20Cl2FNO4/c1-9(2)27-19(25)14-10(3)23-13(8-22)16(18(24)26-4)15(14)11-6-5-7-12(20)17(11)21/h5-7,9,14-15H,8H2,1-4H3. The maximum atomic E-state index is 13.7. The summed E-state index contributed by atoms with van der Waals surface area (Å²) in [5.74, 6) is -3.28. The van der Waals surface area contributed by atoms with Gasteiger partial charge in [0.05, 0.1) is 34.5 Å². The molecule has 8 heteroatoms. The molecule has 1 aliphatic heterocycles. The van der Waals surface area contributed by atoms with Gasteiger partial charge in [0.1, 0.15) is 12.6 Å². The molecule has 0 amide bonds. The van der Waals surface area contributed by atoms with Gasteiger partial charge in [-0.2, -0.15) is 0 Å². The summed E-state index contributed by atoms with van der Waals surface area (Å²) in [4.78, 5) is 29.4. The van der Waals surface area contributed by atoms with Crippen molar-refractivity contribution in [3.63, 3.8) is 0 Å². The van der Waals surface area contributed by atoms with Gasteiger partial charge in [0.25, 0.3) is 0 Å². The van der Waals surface area contributed by atoms with Crippen LogP contribution in [-0.4, -0.2) is 37.5 Å². The van der Waals surface area contributed by atoms with Crippen LogP contribution in [0, 0.1) is 5.92 Å². The Bertz CT molecular complexity index is 820. The van der Waals surface area contributed by atoms with Crippen molar-refractivity contribution < 1.29 is 23.5 Å². The van der Waals surface area contributed by atoms with Crippen molar-refractivity contribution >= 4 is 40.9 Å². The largest absolute Gasteiger partial charge is 0.466 e. The molecule has 1 aromatic rings. The molecule has 0 radical (unpaired) electrons. The lowest BCUT2D eigenvalue weighted by Crippen LogP contribution is -2.37. The molecule has 2 unspecified atom stereocenters. The lowest BCUT2D eigenvalue weighted by molar-refractivity contribution is -0.150. The van der Waals surface area contributed by atoms with E-state index in [1.807, 2.05) is 0 Å². The third-order valence-electron chi connectivity index (χ3n) is 4.17. The van der Waals surface area contributed by atoms with Crippen LogP contribution in [0.3, 0.4) is 0 Å². The highest BCUT2D eigenvalue weighted by atomic mass is 35.5. The van der Waals surface area contributed by atoms with E-state index in [2.05, 4.69) is 4.99 Å². The zero-order valence-electron chi connectivity index (χ0n) is 15.4. The monoisotopic (exact) mass is 415 g/mol. The molecule has 0 bridgehead atoms. The summed E-state index contributed by atoms with van der Waals surface area (Å²) < 4.78 is 23.8. The highest BCUT2D eigenvalue weighted by molar-refractivity contribution is 6.42. The van der Waals surface area contributed by atoms with Crippen LogP contribution >= 0.6 is 23.2 Å². The van der Waals surface area contributed by atoms with Gasteiger partial charge in [-0.3, -0.25) is 9.79 Å². The van der Waals surface area contributed by atoms with Crippen molar-refractivity contribution in [1.82, 2.24) is 0 Å². The van der Waals surface area contributed by atoms with Gasteiger partial charge in [0, 0.05) is 11.6 Å². The third kappa shape index (κ3) is 4.33. The van der Waals surface area contributed by atoms with Crippen molar-refractivity contribution in [1.29, 1.82) is 0 Å². The molecule has 5 nitrogen and oxygen atoms in total. The number of nitrogens with zero attached hydrogens (tertiary/aromatic N) is 1. The van der Waals surface area contributed by atoms with E-state index < -0.39 is 30.4 Å². The number of esters is 2. The van der Waals surface area contributed by atoms with Gasteiger partial charge in [-0.1, -0.05) is 35.3 Å². The lowest BCUT2D eigenvalue weighted by atomic mass is 9.75. The van der Waals surface area contributed by atoms with Crippen molar-refractivity contribution in [2.45, 2.75) is 32.8 Å². The quantitative estimate of drug-likeness (QED) is 0.663. The van der Waals surface area contributed by atoms with Gasteiger partial charge >= 0.3 is 11.9 Å². The van der Waals surface area contributed by atoms with Gasteiger partial charge in [-0.05, 0) is 32.4 Å². The second-order valence-electron chi connectivity index (χ2n) is 6.32. The fourth-order valence-corrected chi connectivity index (χ4v) is 3.52. The predicted octanol–water partition coefficient (Wildman–Crippen LogP) is 4.52. The van der Waals surface area contributed by atoms with E-state index in [0.717, 1.165) is 0 Å². The smallest absolute Gasteiger partial charge is 0.336 e. The first-order valence-corrected chi connectivity index (χ1v) is 9.05. The van der Waals surface area contributed by atoms with Crippen molar-refractivity contribution in [2.75, 3.05) is 13.8 Å². The van der Waals surface area contributed by atoms with Crippen LogP contribution in [0.25, 0.3) is 0 Å². The lowest BCUT2D eigenvalue weighted by Gasteiger charge is -2.32. The van der Waals surface area contributed by atoms with E-state index in [4.69, 9.17) is 32.7 Å². The molecule has 0 N–H and O–H groups in total. The fourth-order valence-electron chi connectivity index (χ4n) is 3.09. The molecule has 0 fully saturated rings. The van der Waals surface area contributed by atoms with Crippen LogP contribution in [0.4, 0.5) is 4.39 Å². The molecule has 0 spiro atoms. The number of rotatable bonds is 5. The molecular weight excluding hydrogens is 396 g/mol. The van der Waals surface area contributed by atoms with E-state index >= 15 is 0 Å². The molecular formula is C19H20Cl2FNO4. The predicted molar refractivity (Wildman–Crippen MR) is 102 cm³/mol.